The monoisotopic (exact) mass is 371 g/mol. The van der Waals surface area contributed by atoms with Crippen molar-refractivity contribution >= 4 is 22.6 Å². The summed E-state index contributed by atoms with van der Waals surface area (Å²) < 4.78 is 1.62. The summed E-state index contributed by atoms with van der Waals surface area (Å²) in [5.41, 5.74) is 15.9. The van der Waals surface area contributed by atoms with E-state index in [-0.39, 0.29) is 17.4 Å². The molecule has 0 aliphatic carbocycles. The summed E-state index contributed by atoms with van der Waals surface area (Å²) in [4.78, 5) is 16.8. The number of carbonyl (C=O) groups excluding carboxylic acids is 1. The molecule has 2 heterocycles. The number of nitrogen functional groups attached to an aromatic ring is 1. The van der Waals surface area contributed by atoms with Crippen LogP contribution in [0.25, 0.3) is 33.4 Å². The maximum absolute atomic E-state index is 12.0. The lowest BCUT2D eigenvalue weighted by molar-refractivity contribution is 0.100. The minimum Gasteiger partial charge on any atom is -0.383 e. The molecule has 6 heteroatoms. The molecule has 4 aromatic rings. The van der Waals surface area contributed by atoms with Crippen molar-refractivity contribution in [2.24, 2.45) is 5.73 Å². The van der Waals surface area contributed by atoms with E-state index in [1.807, 2.05) is 74.5 Å². The summed E-state index contributed by atoms with van der Waals surface area (Å²) in [6.07, 6.45) is 0. The van der Waals surface area contributed by atoms with Crippen molar-refractivity contribution in [2.75, 3.05) is 5.73 Å². The molecule has 0 atom stereocenters. The molecule has 6 nitrogen and oxygen atoms in total. The van der Waals surface area contributed by atoms with E-state index in [0.717, 1.165) is 27.7 Å². The van der Waals surface area contributed by atoms with Gasteiger partial charge in [-0.2, -0.15) is 5.10 Å². The molecule has 0 spiro atoms. The van der Waals surface area contributed by atoms with Crippen LogP contribution in [0.3, 0.4) is 0 Å². The third-order valence-corrected chi connectivity index (χ3v) is 4.72. The molecule has 0 saturated carbocycles. The lowest BCUT2D eigenvalue weighted by atomic mass is 10.0. The molecular formula is C22H21N5O. The van der Waals surface area contributed by atoms with Crippen molar-refractivity contribution in [3.05, 3.63) is 66.2 Å². The highest BCUT2D eigenvalue weighted by molar-refractivity contribution is 6.04. The predicted octanol–water partition coefficient (Wildman–Crippen LogP) is 4.03. The zero-order chi connectivity index (χ0) is 19.8. The van der Waals surface area contributed by atoms with Crippen molar-refractivity contribution in [1.29, 1.82) is 0 Å². The Labute approximate surface area is 162 Å². The SMILES string of the molecule is CC(C)n1nc(-c2ccc3ccc(-c4ccccc4)nc3c2)c(C(N)=O)c1N. The van der Waals surface area contributed by atoms with E-state index in [2.05, 4.69) is 5.10 Å². The zero-order valence-electron chi connectivity index (χ0n) is 15.8. The summed E-state index contributed by atoms with van der Waals surface area (Å²) in [5, 5.41) is 5.55. The first-order valence-corrected chi connectivity index (χ1v) is 9.10. The van der Waals surface area contributed by atoms with Gasteiger partial charge < -0.3 is 11.5 Å². The Bertz CT molecular complexity index is 1180. The van der Waals surface area contributed by atoms with Gasteiger partial charge in [-0.15, -0.1) is 0 Å². The Morgan fingerprint density at radius 3 is 2.39 bits per heavy atom. The number of pyridine rings is 1. The minimum atomic E-state index is -0.592. The van der Waals surface area contributed by atoms with Crippen molar-refractivity contribution in [3.8, 4) is 22.5 Å². The van der Waals surface area contributed by atoms with Crippen LogP contribution < -0.4 is 11.5 Å². The van der Waals surface area contributed by atoms with Crippen LogP contribution in [0, 0.1) is 0 Å². The number of fused-ring (bicyclic) bond motifs is 1. The fourth-order valence-corrected chi connectivity index (χ4v) is 3.32. The fraction of sp³-hybridized carbons (Fsp3) is 0.136. The first kappa shape index (κ1) is 17.7. The minimum absolute atomic E-state index is 0.00937. The molecule has 0 unspecified atom stereocenters. The molecule has 0 saturated heterocycles. The predicted molar refractivity (Wildman–Crippen MR) is 112 cm³/mol. The molecule has 4 N–H and O–H groups in total. The zero-order valence-corrected chi connectivity index (χ0v) is 15.8. The van der Waals surface area contributed by atoms with Gasteiger partial charge in [-0.1, -0.05) is 48.5 Å². The smallest absolute Gasteiger partial charge is 0.254 e. The molecule has 0 aliphatic rings. The number of hydrogen-bond acceptors (Lipinski definition) is 4. The number of nitrogens with two attached hydrogens (primary N) is 2. The molecule has 140 valence electrons. The molecule has 4 rings (SSSR count). The second kappa shape index (κ2) is 6.81. The number of carbonyl (C=O) groups is 1. The van der Waals surface area contributed by atoms with Gasteiger partial charge in [-0.3, -0.25) is 4.79 Å². The van der Waals surface area contributed by atoms with Gasteiger partial charge in [0.15, 0.2) is 0 Å². The number of primary amides is 1. The van der Waals surface area contributed by atoms with Gasteiger partial charge in [0, 0.05) is 22.6 Å². The van der Waals surface area contributed by atoms with E-state index in [0.29, 0.717) is 5.69 Å². The van der Waals surface area contributed by atoms with Crippen molar-refractivity contribution in [3.63, 3.8) is 0 Å². The van der Waals surface area contributed by atoms with E-state index in [4.69, 9.17) is 16.5 Å². The highest BCUT2D eigenvalue weighted by atomic mass is 16.1. The second-order valence-electron chi connectivity index (χ2n) is 6.98. The largest absolute Gasteiger partial charge is 0.383 e. The van der Waals surface area contributed by atoms with Gasteiger partial charge in [-0.05, 0) is 26.0 Å². The standard InChI is InChI=1S/C22H21N5O/c1-13(2)27-21(23)19(22(24)28)20(26-27)16-9-8-15-10-11-17(25-18(15)12-16)14-6-4-3-5-7-14/h3-13H,23H2,1-2H3,(H2,24,28). The van der Waals surface area contributed by atoms with Crippen molar-refractivity contribution in [1.82, 2.24) is 14.8 Å². The van der Waals surface area contributed by atoms with Gasteiger partial charge in [0.2, 0.25) is 0 Å². The van der Waals surface area contributed by atoms with E-state index in [1.165, 1.54) is 0 Å². The molecular weight excluding hydrogens is 350 g/mol. The van der Waals surface area contributed by atoms with Crippen LogP contribution in [0.5, 0.6) is 0 Å². The molecule has 2 aromatic carbocycles. The highest BCUT2D eigenvalue weighted by Gasteiger charge is 2.22. The third-order valence-electron chi connectivity index (χ3n) is 4.72. The third kappa shape index (κ3) is 2.99. The average Bonchev–Trinajstić information content (AvgIpc) is 3.05. The molecule has 1 amide bonds. The Hall–Kier alpha value is -3.67. The lowest BCUT2D eigenvalue weighted by Crippen LogP contribution is -2.15. The summed E-state index contributed by atoms with van der Waals surface area (Å²) in [7, 11) is 0. The first-order valence-electron chi connectivity index (χ1n) is 9.10. The van der Waals surface area contributed by atoms with Crippen LogP contribution in [0.4, 0.5) is 5.82 Å². The molecule has 0 aliphatic heterocycles. The normalized spacial score (nSPS) is 11.2. The van der Waals surface area contributed by atoms with Crippen LogP contribution in [0.15, 0.2) is 60.7 Å². The van der Waals surface area contributed by atoms with Crippen LogP contribution in [0.1, 0.15) is 30.2 Å². The van der Waals surface area contributed by atoms with Crippen LogP contribution in [-0.4, -0.2) is 20.7 Å². The number of benzene rings is 2. The number of nitrogens with zero attached hydrogens (tertiary/aromatic N) is 3. The van der Waals surface area contributed by atoms with Crippen LogP contribution in [0.2, 0.25) is 0 Å². The van der Waals surface area contributed by atoms with Gasteiger partial charge in [-0.25, -0.2) is 9.67 Å². The maximum Gasteiger partial charge on any atom is 0.254 e. The summed E-state index contributed by atoms with van der Waals surface area (Å²) in [6.45, 7) is 3.90. The average molecular weight is 371 g/mol. The van der Waals surface area contributed by atoms with E-state index < -0.39 is 5.91 Å². The number of aromatic nitrogens is 3. The van der Waals surface area contributed by atoms with Crippen LogP contribution in [-0.2, 0) is 0 Å². The van der Waals surface area contributed by atoms with E-state index in [1.54, 1.807) is 4.68 Å². The highest BCUT2D eigenvalue weighted by Crippen LogP contribution is 2.31. The van der Waals surface area contributed by atoms with Crippen molar-refractivity contribution in [2.45, 2.75) is 19.9 Å². The van der Waals surface area contributed by atoms with Gasteiger partial charge in [0.1, 0.15) is 17.1 Å². The Balaban J connectivity index is 1.88. The lowest BCUT2D eigenvalue weighted by Gasteiger charge is -2.07. The second-order valence-corrected chi connectivity index (χ2v) is 6.98. The Morgan fingerprint density at radius 1 is 1.00 bits per heavy atom. The summed E-state index contributed by atoms with van der Waals surface area (Å²) >= 11 is 0. The maximum atomic E-state index is 12.0. The van der Waals surface area contributed by atoms with E-state index >= 15 is 0 Å². The van der Waals surface area contributed by atoms with E-state index in [9.17, 15) is 4.79 Å². The van der Waals surface area contributed by atoms with Gasteiger partial charge in [0.05, 0.1) is 11.2 Å². The van der Waals surface area contributed by atoms with Gasteiger partial charge in [0.25, 0.3) is 5.91 Å². The summed E-state index contributed by atoms with van der Waals surface area (Å²) in [6, 6.07) is 19.8. The van der Waals surface area contributed by atoms with Crippen molar-refractivity contribution < 1.29 is 4.79 Å². The van der Waals surface area contributed by atoms with Gasteiger partial charge >= 0.3 is 0 Å². The fourth-order valence-electron chi connectivity index (χ4n) is 3.32. The Morgan fingerprint density at radius 2 is 1.71 bits per heavy atom. The summed E-state index contributed by atoms with van der Waals surface area (Å²) in [5.74, 6) is -0.311. The molecule has 28 heavy (non-hydrogen) atoms. The quantitative estimate of drug-likeness (QED) is 0.566. The van der Waals surface area contributed by atoms with Crippen LogP contribution >= 0.6 is 0 Å². The molecule has 0 bridgehead atoms. The number of anilines is 1. The number of hydrogen-bond donors (Lipinski definition) is 2. The topological polar surface area (TPSA) is 99.8 Å². The Kier molecular flexibility index (Phi) is 4.31. The first-order chi connectivity index (χ1) is 13.5. The molecule has 2 aromatic heterocycles. The number of amides is 1. The molecule has 0 fully saturated rings. The number of rotatable bonds is 4. The molecule has 0 radical (unpaired) electrons.